The molecule has 0 saturated carbocycles. The maximum atomic E-state index is 10.8. The summed E-state index contributed by atoms with van der Waals surface area (Å²) in [5.41, 5.74) is 2.22. The molecule has 0 aliphatic rings. The molecule has 8 heteroatoms. The third kappa shape index (κ3) is 9.93. The fraction of sp³-hybridized carbons (Fsp3) is 0.409. The van der Waals surface area contributed by atoms with Crippen LogP contribution in [-0.4, -0.2) is 66.0 Å². The van der Waals surface area contributed by atoms with Crippen LogP contribution >= 0.6 is 11.6 Å². The van der Waals surface area contributed by atoms with Crippen molar-refractivity contribution in [1.82, 2.24) is 5.32 Å². The van der Waals surface area contributed by atoms with Gasteiger partial charge in [0.25, 0.3) is 0 Å². The lowest BCUT2D eigenvalue weighted by Gasteiger charge is -2.09. The van der Waals surface area contributed by atoms with Gasteiger partial charge in [-0.15, -0.1) is 0 Å². The minimum atomic E-state index is -0.467. The lowest BCUT2D eigenvalue weighted by molar-refractivity contribution is 0.00204. The number of nitrogens with one attached hydrogen (secondary N) is 1. The second-order valence-electron chi connectivity index (χ2n) is 6.10. The number of rotatable bonds is 14. The SMILES string of the molecule is CNC(=O)OCCOCCOCCOCCOc1ccc(-c2ccc(Cl)cc2)cc1. The largest absolute Gasteiger partial charge is 0.491 e. The molecular formula is C22H28ClNO6. The van der Waals surface area contributed by atoms with E-state index in [0.29, 0.717) is 46.2 Å². The Balaban J connectivity index is 1.44. The topological polar surface area (TPSA) is 75.3 Å². The van der Waals surface area contributed by atoms with Crippen LogP contribution in [0.15, 0.2) is 48.5 Å². The molecule has 164 valence electrons. The summed E-state index contributed by atoms with van der Waals surface area (Å²) in [4.78, 5) is 10.8. The van der Waals surface area contributed by atoms with Crippen molar-refractivity contribution >= 4 is 17.7 Å². The summed E-state index contributed by atoms with van der Waals surface area (Å²) in [5.74, 6) is 0.796. The molecule has 2 rings (SSSR count). The van der Waals surface area contributed by atoms with Gasteiger partial charge >= 0.3 is 6.09 Å². The summed E-state index contributed by atoms with van der Waals surface area (Å²) in [5, 5.41) is 3.08. The fourth-order valence-corrected chi connectivity index (χ4v) is 2.54. The smallest absolute Gasteiger partial charge is 0.406 e. The molecular weight excluding hydrogens is 410 g/mol. The molecule has 2 aromatic rings. The van der Waals surface area contributed by atoms with Gasteiger partial charge < -0.3 is 29.0 Å². The number of halogens is 1. The van der Waals surface area contributed by atoms with Gasteiger partial charge in [0, 0.05) is 12.1 Å². The summed E-state index contributed by atoms with van der Waals surface area (Å²) >= 11 is 5.92. The van der Waals surface area contributed by atoms with Crippen LogP contribution in [0.2, 0.25) is 5.02 Å². The van der Waals surface area contributed by atoms with Crippen molar-refractivity contribution in [3.8, 4) is 16.9 Å². The third-order valence-electron chi connectivity index (χ3n) is 3.94. The number of carbonyl (C=O) groups excluding carboxylic acids is 1. The molecule has 1 amide bonds. The first-order valence-electron chi connectivity index (χ1n) is 9.75. The number of hydrogen-bond acceptors (Lipinski definition) is 6. The Morgan fingerprint density at radius 1 is 0.733 bits per heavy atom. The Morgan fingerprint density at radius 2 is 1.20 bits per heavy atom. The Hall–Kier alpha value is -2.32. The second-order valence-corrected chi connectivity index (χ2v) is 6.54. The molecule has 0 heterocycles. The van der Waals surface area contributed by atoms with Crippen LogP contribution in [0.3, 0.4) is 0 Å². The molecule has 7 nitrogen and oxygen atoms in total. The van der Waals surface area contributed by atoms with E-state index in [4.69, 9.17) is 35.3 Å². The van der Waals surface area contributed by atoms with E-state index in [1.54, 1.807) is 0 Å². The molecule has 0 saturated heterocycles. The van der Waals surface area contributed by atoms with Gasteiger partial charge in [0.05, 0.1) is 39.6 Å². The zero-order valence-electron chi connectivity index (χ0n) is 17.1. The highest BCUT2D eigenvalue weighted by Crippen LogP contribution is 2.23. The van der Waals surface area contributed by atoms with Gasteiger partial charge in [-0.05, 0) is 35.4 Å². The van der Waals surface area contributed by atoms with E-state index in [0.717, 1.165) is 21.9 Å². The highest BCUT2D eigenvalue weighted by Gasteiger charge is 2.00. The number of amides is 1. The molecule has 0 aliphatic heterocycles. The van der Waals surface area contributed by atoms with Crippen molar-refractivity contribution in [3.05, 3.63) is 53.6 Å². The number of ether oxygens (including phenoxy) is 5. The molecule has 0 bridgehead atoms. The molecule has 0 aliphatic carbocycles. The molecule has 30 heavy (non-hydrogen) atoms. The lowest BCUT2D eigenvalue weighted by atomic mass is 10.1. The molecule has 0 radical (unpaired) electrons. The second kappa shape index (κ2) is 14.6. The van der Waals surface area contributed by atoms with Gasteiger partial charge in [0.1, 0.15) is 19.0 Å². The normalized spacial score (nSPS) is 10.6. The van der Waals surface area contributed by atoms with Crippen LogP contribution in [0, 0.1) is 0 Å². The zero-order chi connectivity index (χ0) is 21.4. The minimum absolute atomic E-state index is 0.215. The average Bonchev–Trinajstić information content (AvgIpc) is 2.77. The number of hydrogen-bond donors (Lipinski definition) is 1. The molecule has 0 spiro atoms. The molecule has 0 atom stereocenters. The quantitative estimate of drug-likeness (QED) is 0.453. The summed E-state index contributed by atoms with van der Waals surface area (Å²) in [6.45, 7) is 3.36. The number of benzene rings is 2. The van der Waals surface area contributed by atoms with Crippen molar-refractivity contribution in [2.45, 2.75) is 0 Å². The highest BCUT2D eigenvalue weighted by atomic mass is 35.5. The summed E-state index contributed by atoms with van der Waals surface area (Å²) in [6.07, 6.45) is -0.467. The minimum Gasteiger partial charge on any atom is -0.491 e. The van der Waals surface area contributed by atoms with Crippen molar-refractivity contribution < 1.29 is 28.5 Å². The predicted molar refractivity (Wildman–Crippen MR) is 115 cm³/mol. The Bertz CT molecular complexity index is 723. The fourth-order valence-electron chi connectivity index (χ4n) is 2.41. The van der Waals surface area contributed by atoms with Crippen molar-refractivity contribution in [3.63, 3.8) is 0 Å². The maximum Gasteiger partial charge on any atom is 0.406 e. The standard InChI is InChI=1S/C22H28ClNO6/c1-24-22(25)30-17-15-28-13-11-26-10-12-27-14-16-29-21-8-4-19(5-9-21)18-2-6-20(23)7-3-18/h2-9H,10-17H2,1H3,(H,24,25). The first kappa shape index (κ1) is 24.0. The van der Waals surface area contributed by atoms with E-state index in [9.17, 15) is 4.79 Å². The van der Waals surface area contributed by atoms with E-state index in [-0.39, 0.29) is 6.61 Å². The molecule has 1 N–H and O–H groups in total. The number of alkyl carbamates (subject to hydrolysis) is 1. The summed E-state index contributed by atoms with van der Waals surface area (Å²) in [6, 6.07) is 15.6. The maximum absolute atomic E-state index is 10.8. The van der Waals surface area contributed by atoms with Crippen LogP contribution in [0.25, 0.3) is 11.1 Å². The third-order valence-corrected chi connectivity index (χ3v) is 4.19. The van der Waals surface area contributed by atoms with Gasteiger partial charge in [-0.2, -0.15) is 0 Å². The van der Waals surface area contributed by atoms with Crippen molar-refractivity contribution in [2.75, 3.05) is 59.9 Å². The predicted octanol–water partition coefficient (Wildman–Crippen LogP) is 3.79. The van der Waals surface area contributed by atoms with E-state index in [2.05, 4.69) is 5.32 Å². The van der Waals surface area contributed by atoms with Gasteiger partial charge in [-0.1, -0.05) is 35.9 Å². The van der Waals surface area contributed by atoms with Crippen LogP contribution in [0.4, 0.5) is 4.79 Å². The highest BCUT2D eigenvalue weighted by molar-refractivity contribution is 6.30. The van der Waals surface area contributed by atoms with Crippen molar-refractivity contribution in [1.29, 1.82) is 0 Å². The number of carbonyl (C=O) groups is 1. The van der Waals surface area contributed by atoms with E-state index in [1.165, 1.54) is 7.05 Å². The van der Waals surface area contributed by atoms with Crippen LogP contribution in [0.1, 0.15) is 0 Å². The zero-order valence-corrected chi connectivity index (χ0v) is 17.9. The Labute approximate surface area is 182 Å². The molecule has 0 fully saturated rings. The van der Waals surface area contributed by atoms with Crippen LogP contribution < -0.4 is 10.1 Å². The monoisotopic (exact) mass is 437 g/mol. The van der Waals surface area contributed by atoms with E-state index in [1.807, 2.05) is 48.5 Å². The first-order chi connectivity index (χ1) is 14.7. The van der Waals surface area contributed by atoms with Crippen LogP contribution in [-0.2, 0) is 18.9 Å². The molecule has 0 unspecified atom stereocenters. The molecule has 0 aromatic heterocycles. The van der Waals surface area contributed by atoms with Gasteiger partial charge in [0.2, 0.25) is 0 Å². The average molecular weight is 438 g/mol. The van der Waals surface area contributed by atoms with Gasteiger partial charge in [0.15, 0.2) is 0 Å². The lowest BCUT2D eigenvalue weighted by Crippen LogP contribution is -2.21. The van der Waals surface area contributed by atoms with E-state index >= 15 is 0 Å². The van der Waals surface area contributed by atoms with Gasteiger partial charge in [-0.3, -0.25) is 0 Å². The Kier molecular flexibility index (Phi) is 11.7. The first-order valence-corrected chi connectivity index (χ1v) is 10.1. The summed E-state index contributed by atoms with van der Waals surface area (Å²) < 4.78 is 26.6. The Morgan fingerprint density at radius 3 is 1.73 bits per heavy atom. The summed E-state index contributed by atoms with van der Waals surface area (Å²) in [7, 11) is 1.51. The van der Waals surface area contributed by atoms with Crippen molar-refractivity contribution in [2.24, 2.45) is 0 Å². The van der Waals surface area contributed by atoms with Gasteiger partial charge in [-0.25, -0.2) is 4.79 Å². The van der Waals surface area contributed by atoms with E-state index < -0.39 is 6.09 Å². The van der Waals surface area contributed by atoms with Crippen LogP contribution in [0.5, 0.6) is 5.75 Å². The molecule has 2 aromatic carbocycles.